The molecule has 14 heavy (non-hydrogen) atoms. The molecule has 0 radical (unpaired) electrons. The summed E-state index contributed by atoms with van der Waals surface area (Å²) in [6.07, 6.45) is 1.09. The Balaban J connectivity index is 2.70. The topological polar surface area (TPSA) is 62.4 Å². The standard InChI is InChI=1S/C9H14FN3O/c1-13(2-3-14)6-7-4-8(10)5-12-9(7)11/h4-5,14H,2-3,6H2,1H3,(H2,11,12). The van der Waals surface area contributed by atoms with Crippen LogP contribution in [-0.2, 0) is 6.54 Å². The second-order valence-electron chi connectivity index (χ2n) is 3.16. The van der Waals surface area contributed by atoms with Gasteiger partial charge in [-0.25, -0.2) is 9.37 Å². The largest absolute Gasteiger partial charge is 0.395 e. The fraction of sp³-hybridized carbons (Fsp3) is 0.444. The molecule has 0 fully saturated rings. The first-order valence-corrected chi connectivity index (χ1v) is 4.32. The smallest absolute Gasteiger partial charge is 0.141 e. The molecule has 0 bridgehead atoms. The highest BCUT2D eigenvalue weighted by atomic mass is 19.1. The van der Waals surface area contributed by atoms with Crippen molar-refractivity contribution < 1.29 is 9.50 Å². The monoisotopic (exact) mass is 199 g/mol. The fourth-order valence-electron chi connectivity index (χ4n) is 1.16. The molecule has 1 rings (SSSR count). The third-order valence-corrected chi connectivity index (χ3v) is 1.89. The van der Waals surface area contributed by atoms with E-state index in [1.54, 1.807) is 0 Å². The molecule has 0 amide bonds. The summed E-state index contributed by atoms with van der Waals surface area (Å²) in [4.78, 5) is 5.55. The van der Waals surface area contributed by atoms with Gasteiger partial charge in [0.1, 0.15) is 11.6 Å². The van der Waals surface area contributed by atoms with Gasteiger partial charge in [-0.2, -0.15) is 0 Å². The molecule has 0 unspecified atom stereocenters. The molecule has 0 saturated heterocycles. The molecule has 1 aromatic heterocycles. The number of likely N-dealkylation sites (N-methyl/N-ethyl adjacent to an activating group) is 1. The van der Waals surface area contributed by atoms with Crippen LogP contribution in [0.1, 0.15) is 5.56 Å². The number of hydrogen-bond acceptors (Lipinski definition) is 4. The Morgan fingerprint density at radius 2 is 2.36 bits per heavy atom. The Bertz CT molecular complexity index is 306. The maximum absolute atomic E-state index is 12.8. The molecule has 1 aromatic rings. The van der Waals surface area contributed by atoms with Gasteiger partial charge in [-0.3, -0.25) is 4.90 Å². The number of nitrogens with zero attached hydrogens (tertiary/aromatic N) is 2. The summed E-state index contributed by atoms with van der Waals surface area (Å²) in [5, 5.41) is 8.68. The van der Waals surface area contributed by atoms with Crippen molar-refractivity contribution in [2.45, 2.75) is 6.54 Å². The van der Waals surface area contributed by atoms with Crippen LogP contribution in [0.2, 0.25) is 0 Å². The van der Waals surface area contributed by atoms with Crippen LogP contribution in [0.15, 0.2) is 12.3 Å². The predicted octanol–water partition coefficient (Wildman–Crippen LogP) is 0.227. The summed E-state index contributed by atoms with van der Waals surface area (Å²) in [5.74, 6) is -0.0669. The van der Waals surface area contributed by atoms with Gasteiger partial charge in [0.05, 0.1) is 12.8 Å². The summed E-state index contributed by atoms with van der Waals surface area (Å²) >= 11 is 0. The van der Waals surface area contributed by atoms with E-state index in [0.717, 1.165) is 6.20 Å². The zero-order chi connectivity index (χ0) is 10.6. The minimum atomic E-state index is -0.397. The van der Waals surface area contributed by atoms with E-state index < -0.39 is 5.82 Å². The van der Waals surface area contributed by atoms with E-state index in [1.807, 2.05) is 11.9 Å². The predicted molar refractivity (Wildman–Crippen MR) is 52.0 cm³/mol. The van der Waals surface area contributed by atoms with Gasteiger partial charge in [-0.1, -0.05) is 0 Å². The summed E-state index contributed by atoms with van der Waals surface area (Å²) in [7, 11) is 1.82. The number of nitrogen functional groups attached to an aromatic ring is 1. The molecule has 0 aromatic carbocycles. The molecular formula is C9H14FN3O. The van der Waals surface area contributed by atoms with Gasteiger partial charge >= 0.3 is 0 Å². The van der Waals surface area contributed by atoms with Gasteiger partial charge in [-0.05, 0) is 13.1 Å². The second-order valence-corrected chi connectivity index (χ2v) is 3.16. The Kier molecular flexibility index (Phi) is 3.79. The van der Waals surface area contributed by atoms with E-state index in [-0.39, 0.29) is 6.61 Å². The minimum absolute atomic E-state index is 0.0686. The molecule has 0 aliphatic rings. The third-order valence-electron chi connectivity index (χ3n) is 1.89. The average molecular weight is 199 g/mol. The Morgan fingerprint density at radius 1 is 1.64 bits per heavy atom. The number of nitrogens with two attached hydrogens (primary N) is 1. The van der Waals surface area contributed by atoms with Crippen molar-refractivity contribution >= 4 is 5.82 Å². The molecular weight excluding hydrogens is 185 g/mol. The van der Waals surface area contributed by atoms with Crippen LogP contribution in [0.25, 0.3) is 0 Å². The van der Waals surface area contributed by atoms with Crippen LogP contribution < -0.4 is 5.73 Å². The van der Waals surface area contributed by atoms with Crippen LogP contribution in [0.4, 0.5) is 10.2 Å². The lowest BCUT2D eigenvalue weighted by Crippen LogP contribution is -2.22. The summed E-state index contributed by atoms with van der Waals surface area (Å²) in [6.45, 7) is 1.08. The molecule has 0 aliphatic carbocycles. The quantitative estimate of drug-likeness (QED) is 0.728. The number of aliphatic hydroxyl groups excluding tert-OH is 1. The van der Waals surface area contributed by atoms with Gasteiger partial charge < -0.3 is 10.8 Å². The van der Waals surface area contributed by atoms with Crippen molar-refractivity contribution in [1.82, 2.24) is 9.88 Å². The first kappa shape index (κ1) is 10.9. The van der Waals surface area contributed by atoms with Gasteiger partial charge in [0.2, 0.25) is 0 Å². The highest BCUT2D eigenvalue weighted by molar-refractivity contribution is 5.38. The van der Waals surface area contributed by atoms with Crippen LogP contribution in [0.3, 0.4) is 0 Å². The zero-order valence-electron chi connectivity index (χ0n) is 8.07. The van der Waals surface area contributed by atoms with E-state index >= 15 is 0 Å². The zero-order valence-corrected chi connectivity index (χ0v) is 8.07. The van der Waals surface area contributed by atoms with Crippen molar-refractivity contribution in [3.63, 3.8) is 0 Å². The average Bonchev–Trinajstić information content (AvgIpc) is 2.12. The number of hydrogen-bond donors (Lipinski definition) is 2. The van der Waals surface area contributed by atoms with Crippen molar-refractivity contribution in [3.05, 3.63) is 23.6 Å². The first-order chi connectivity index (χ1) is 6.63. The number of pyridine rings is 1. The van der Waals surface area contributed by atoms with E-state index in [2.05, 4.69) is 4.98 Å². The molecule has 0 atom stereocenters. The van der Waals surface area contributed by atoms with Gasteiger partial charge in [0.25, 0.3) is 0 Å². The second kappa shape index (κ2) is 4.88. The van der Waals surface area contributed by atoms with E-state index in [9.17, 15) is 4.39 Å². The molecule has 0 spiro atoms. The van der Waals surface area contributed by atoms with E-state index in [0.29, 0.717) is 24.5 Å². The maximum atomic E-state index is 12.8. The van der Waals surface area contributed by atoms with Crippen LogP contribution >= 0.6 is 0 Å². The van der Waals surface area contributed by atoms with Gasteiger partial charge in [-0.15, -0.1) is 0 Å². The summed E-state index contributed by atoms with van der Waals surface area (Å²) in [6, 6.07) is 1.36. The van der Waals surface area contributed by atoms with E-state index in [4.69, 9.17) is 10.8 Å². The highest BCUT2D eigenvalue weighted by Crippen LogP contribution is 2.11. The highest BCUT2D eigenvalue weighted by Gasteiger charge is 2.05. The Morgan fingerprint density at radius 3 is 3.00 bits per heavy atom. The van der Waals surface area contributed by atoms with Gasteiger partial charge in [0.15, 0.2) is 0 Å². The maximum Gasteiger partial charge on any atom is 0.141 e. The SMILES string of the molecule is CN(CCO)Cc1cc(F)cnc1N. The lowest BCUT2D eigenvalue weighted by atomic mass is 10.2. The lowest BCUT2D eigenvalue weighted by Gasteiger charge is -2.15. The lowest BCUT2D eigenvalue weighted by molar-refractivity contribution is 0.217. The van der Waals surface area contributed by atoms with Crippen molar-refractivity contribution in [2.24, 2.45) is 0 Å². The molecule has 3 N–H and O–H groups in total. The minimum Gasteiger partial charge on any atom is -0.395 e. The van der Waals surface area contributed by atoms with Crippen LogP contribution in [0, 0.1) is 5.82 Å². The van der Waals surface area contributed by atoms with Crippen LogP contribution in [-0.4, -0.2) is 35.2 Å². The summed E-state index contributed by atoms with van der Waals surface area (Å²) < 4.78 is 12.8. The number of rotatable bonds is 4. The molecule has 78 valence electrons. The molecule has 4 nitrogen and oxygen atoms in total. The number of aliphatic hydroxyl groups is 1. The Hall–Kier alpha value is -1.20. The number of halogens is 1. The van der Waals surface area contributed by atoms with Crippen molar-refractivity contribution in [1.29, 1.82) is 0 Å². The van der Waals surface area contributed by atoms with Crippen molar-refractivity contribution in [3.8, 4) is 0 Å². The van der Waals surface area contributed by atoms with Gasteiger partial charge in [0, 0.05) is 18.7 Å². The van der Waals surface area contributed by atoms with Crippen LogP contribution in [0.5, 0.6) is 0 Å². The number of anilines is 1. The fourth-order valence-corrected chi connectivity index (χ4v) is 1.16. The van der Waals surface area contributed by atoms with Crippen molar-refractivity contribution in [2.75, 3.05) is 25.9 Å². The first-order valence-electron chi connectivity index (χ1n) is 4.32. The molecule has 0 saturated carbocycles. The summed E-state index contributed by atoms with van der Waals surface area (Å²) in [5.41, 5.74) is 6.21. The Labute approximate surface area is 82.2 Å². The third kappa shape index (κ3) is 2.93. The number of aromatic nitrogens is 1. The normalized spacial score (nSPS) is 10.9. The molecule has 5 heteroatoms. The van der Waals surface area contributed by atoms with E-state index in [1.165, 1.54) is 6.07 Å². The molecule has 1 heterocycles. The molecule has 0 aliphatic heterocycles.